The van der Waals surface area contributed by atoms with Crippen LogP contribution >= 0.6 is 23.2 Å². The maximum atomic E-state index is 12.2. The highest BCUT2D eigenvalue weighted by Crippen LogP contribution is 2.32. The molecule has 0 saturated carbocycles. The Bertz CT molecular complexity index is 775. The number of carbonyl (C=O) groups is 1. The van der Waals surface area contributed by atoms with Crippen molar-refractivity contribution in [2.75, 3.05) is 25.6 Å². The third-order valence-corrected chi connectivity index (χ3v) is 4.09. The molecular formula is C19H19Cl2NO3. The number of aryl methyl sites for hydroxylation is 1. The van der Waals surface area contributed by atoms with Gasteiger partial charge in [-0.05, 0) is 42.3 Å². The second-order valence-corrected chi connectivity index (χ2v) is 6.10. The van der Waals surface area contributed by atoms with Gasteiger partial charge >= 0.3 is 0 Å². The first-order valence-electron chi connectivity index (χ1n) is 7.66. The number of anilines is 1. The van der Waals surface area contributed by atoms with Gasteiger partial charge in [0.05, 0.1) is 17.3 Å². The molecule has 0 bridgehead atoms. The summed E-state index contributed by atoms with van der Waals surface area (Å²) in [7, 11) is 1.58. The fourth-order valence-electron chi connectivity index (χ4n) is 2.04. The van der Waals surface area contributed by atoms with Crippen molar-refractivity contribution in [2.45, 2.75) is 6.92 Å². The average molecular weight is 380 g/mol. The molecule has 1 amide bonds. The van der Waals surface area contributed by atoms with Gasteiger partial charge in [-0.15, -0.1) is 0 Å². The van der Waals surface area contributed by atoms with E-state index in [0.717, 1.165) is 11.1 Å². The summed E-state index contributed by atoms with van der Waals surface area (Å²) in [6, 6.07) is 10.8. The predicted octanol–water partition coefficient (Wildman–Crippen LogP) is 4.98. The van der Waals surface area contributed by atoms with Crippen LogP contribution in [-0.2, 0) is 9.53 Å². The fraction of sp³-hybridized carbons (Fsp3) is 0.211. The first-order chi connectivity index (χ1) is 12.0. The highest BCUT2D eigenvalue weighted by atomic mass is 35.5. The average Bonchev–Trinajstić information content (AvgIpc) is 2.58. The van der Waals surface area contributed by atoms with Crippen LogP contribution in [0.3, 0.4) is 0 Å². The molecule has 0 spiro atoms. The summed E-state index contributed by atoms with van der Waals surface area (Å²) >= 11 is 12.2. The molecule has 6 heteroatoms. The Morgan fingerprint density at radius 1 is 1.16 bits per heavy atom. The molecule has 2 aromatic carbocycles. The molecule has 0 aromatic heterocycles. The molecule has 0 saturated heterocycles. The number of para-hydroxylation sites is 1. The minimum atomic E-state index is -0.296. The smallest absolute Gasteiger partial charge is 0.248 e. The quantitative estimate of drug-likeness (QED) is 0.545. The SMILES string of the molecule is COCCOc1c(Cl)cccc1NC(=O)/C=C/c1ccc(C)c(Cl)c1. The molecule has 4 nitrogen and oxygen atoms in total. The molecule has 0 unspecified atom stereocenters. The summed E-state index contributed by atoms with van der Waals surface area (Å²) in [6.45, 7) is 2.68. The topological polar surface area (TPSA) is 47.6 Å². The van der Waals surface area contributed by atoms with E-state index >= 15 is 0 Å². The van der Waals surface area contributed by atoms with Gasteiger partial charge in [-0.2, -0.15) is 0 Å². The van der Waals surface area contributed by atoms with Crippen molar-refractivity contribution < 1.29 is 14.3 Å². The van der Waals surface area contributed by atoms with Crippen molar-refractivity contribution in [3.05, 3.63) is 63.6 Å². The first kappa shape index (κ1) is 19.3. The summed E-state index contributed by atoms with van der Waals surface area (Å²) in [6.07, 6.45) is 3.12. The molecule has 1 N–H and O–H groups in total. The number of carbonyl (C=O) groups excluding carboxylic acids is 1. The van der Waals surface area contributed by atoms with Crippen LogP contribution in [0.4, 0.5) is 5.69 Å². The van der Waals surface area contributed by atoms with Gasteiger partial charge in [0.1, 0.15) is 6.61 Å². The monoisotopic (exact) mass is 379 g/mol. The highest BCUT2D eigenvalue weighted by Gasteiger charge is 2.10. The number of ether oxygens (including phenoxy) is 2. The lowest BCUT2D eigenvalue weighted by Crippen LogP contribution is -2.11. The Kier molecular flexibility index (Phi) is 7.31. The van der Waals surface area contributed by atoms with Crippen molar-refractivity contribution >= 4 is 40.9 Å². The molecule has 0 aliphatic rings. The highest BCUT2D eigenvalue weighted by molar-refractivity contribution is 6.32. The van der Waals surface area contributed by atoms with E-state index in [9.17, 15) is 4.79 Å². The molecule has 132 valence electrons. The summed E-state index contributed by atoms with van der Waals surface area (Å²) in [5, 5.41) is 3.84. The Morgan fingerprint density at radius 2 is 1.96 bits per heavy atom. The van der Waals surface area contributed by atoms with E-state index < -0.39 is 0 Å². The number of halogens is 2. The summed E-state index contributed by atoms with van der Waals surface area (Å²) < 4.78 is 10.5. The molecule has 0 aliphatic carbocycles. The Labute approximate surface area is 157 Å². The minimum absolute atomic E-state index is 0.296. The molecule has 0 aliphatic heterocycles. The Balaban J connectivity index is 2.08. The molecule has 0 heterocycles. The van der Waals surface area contributed by atoms with Gasteiger partial charge in [-0.3, -0.25) is 4.79 Å². The van der Waals surface area contributed by atoms with Gasteiger partial charge in [0.25, 0.3) is 0 Å². The molecule has 0 fully saturated rings. The lowest BCUT2D eigenvalue weighted by molar-refractivity contribution is -0.111. The maximum Gasteiger partial charge on any atom is 0.248 e. The van der Waals surface area contributed by atoms with Crippen LogP contribution in [0.15, 0.2) is 42.5 Å². The van der Waals surface area contributed by atoms with Gasteiger partial charge in [-0.1, -0.05) is 41.4 Å². The number of amides is 1. The molecular weight excluding hydrogens is 361 g/mol. The van der Waals surface area contributed by atoms with Gasteiger partial charge < -0.3 is 14.8 Å². The van der Waals surface area contributed by atoms with Crippen LogP contribution in [0.2, 0.25) is 10.0 Å². The normalized spacial score (nSPS) is 10.9. The number of rotatable bonds is 7. The van der Waals surface area contributed by atoms with E-state index in [1.165, 1.54) is 6.08 Å². The van der Waals surface area contributed by atoms with Crippen molar-refractivity contribution in [2.24, 2.45) is 0 Å². The van der Waals surface area contributed by atoms with E-state index in [1.54, 1.807) is 37.5 Å². The zero-order valence-electron chi connectivity index (χ0n) is 14.0. The molecule has 0 radical (unpaired) electrons. The first-order valence-corrected chi connectivity index (χ1v) is 8.42. The van der Waals surface area contributed by atoms with Crippen molar-refractivity contribution in [3.63, 3.8) is 0 Å². The van der Waals surface area contributed by atoms with Gasteiger partial charge in [0, 0.05) is 18.2 Å². The van der Waals surface area contributed by atoms with Crippen molar-refractivity contribution in [1.82, 2.24) is 0 Å². The van der Waals surface area contributed by atoms with E-state index in [0.29, 0.717) is 34.7 Å². The number of nitrogens with one attached hydrogen (secondary N) is 1. The van der Waals surface area contributed by atoms with Crippen LogP contribution in [0.5, 0.6) is 5.75 Å². The van der Waals surface area contributed by atoms with Crippen LogP contribution in [0, 0.1) is 6.92 Å². The van der Waals surface area contributed by atoms with Gasteiger partial charge in [-0.25, -0.2) is 0 Å². The third kappa shape index (κ3) is 5.78. The van der Waals surface area contributed by atoms with E-state index in [2.05, 4.69) is 5.32 Å². The number of hydrogen-bond acceptors (Lipinski definition) is 3. The second-order valence-electron chi connectivity index (χ2n) is 5.29. The molecule has 0 atom stereocenters. The molecule has 2 aromatic rings. The Morgan fingerprint density at radius 3 is 2.68 bits per heavy atom. The Hall–Kier alpha value is -2.01. The van der Waals surface area contributed by atoms with E-state index in [-0.39, 0.29) is 5.91 Å². The largest absolute Gasteiger partial charge is 0.487 e. The summed E-state index contributed by atoms with van der Waals surface area (Å²) in [5.41, 5.74) is 2.33. The lowest BCUT2D eigenvalue weighted by Gasteiger charge is -2.13. The van der Waals surface area contributed by atoms with Crippen molar-refractivity contribution in [3.8, 4) is 5.75 Å². The van der Waals surface area contributed by atoms with Gasteiger partial charge in [0.2, 0.25) is 5.91 Å². The molecule has 25 heavy (non-hydrogen) atoms. The molecule has 2 rings (SSSR count). The lowest BCUT2D eigenvalue weighted by atomic mass is 10.1. The zero-order chi connectivity index (χ0) is 18.2. The number of methoxy groups -OCH3 is 1. The zero-order valence-corrected chi connectivity index (χ0v) is 15.5. The van der Waals surface area contributed by atoms with Crippen LogP contribution < -0.4 is 10.1 Å². The van der Waals surface area contributed by atoms with Crippen LogP contribution in [0.25, 0.3) is 6.08 Å². The summed E-state index contributed by atoms with van der Waals surface area (Å²) in [4.78, 5) is 12.2. The number of benzene rings is 2. The van der Waals surface area contributed by atoms with E-state index in [4.69, 9.17) is 32.7 Å². The number of hydrogen-bond donors (Lipinski definition) is 1. The van der Waals surface area contributed by atoms with E-state index in [1.807, 2.05) is 19.1 Å². The second kappa shape index (κ2) is 9.47. The van der Waals surface area contributed by atoms with Crippen LogP contribution in [0.1, 0.15) is 11.1 Å². The standard InChI is InChI=1S/C19H19Cl2NO3/c1-13-6-7-14(12-16(13)21)8-9-18(23)22-17-5-3-4-15(20)19(17)25-11-10-24-2/h3-9,12H,10-11H2,1-2H3,(H,22,23)/b9-8+. The summed E-state index contributed by atoms with van der Waals surface area (Å²) in [5.74, 6) is 0.122. The fourth-order valence-corrected chi connectivity index (χ4v) is 2.46. The van der Waals surface area contributed by atoms with Gasteiger partial charge in [0.15, 0.2) is 5.75 Å². The van der Waals surface area contributed by atoms with Crippen LogP contribution in [-0.4, -0.2) is 26.2 Å². The third-order valence-electron chi connectivity index (χ3n) is 3.38. The maximum absolute atomic E-state index is 12.2. The van der Waals surface area contributed by atoms with Crippen molar-refractivity contribution in [1.29, 1.82) is 0 Å². The minimum Gasteiger partial charge on any atom is -0.487 e. The predicted molar refractivity (Wildman–Crippen MR) is 103 cm³/mol.